The Morgan fingerprint density at radius 1 is 1.19 bits per heavy atom. The van der Waals surface area contributed by atoms with Crippen LogP contribution >= 0.6 is 11.6 Å². The summed E-state index contributed by atoms with van der Waals surface area (Å²) in [7, 11) is 1.60. The quantitative estimate of drug-likeness (QED) is 0.632. The van der Waals surface area contributed by atoms with Gasteiger partial charge in [0.15, 0.2) is 17.3 Å². The number of ketones is 1. The largest absolute Gasteiger partial charge is 0.493 e. The average molecular weight is 437 g/mol. The molecule has 0 saturated heterocycles. The highest BCUT2D eigenvalue weighted by Gasteiger charge is 2.36. The highest BCUT2D eigenvalue weighted by Crippen LogP contribution is 2.41. The Bertz CT molecular complexity index is 1190. The summed E-state index contributed by atoms with van der Waals surface area (Å²) in [5.74, 6) is 1.98. The number of fused-ring (bicyclic) bond motifs is 1. The number of ether oxygens (including phenoxy) is 2. The Morgan fingerprint density at radius 3 is 2.94 bits per heavy atom. The van der Waals surface area contributed by atoms with Gasteiger partial charge in [0, 0.05) is 22.7 Å². The first kappa shape index (κ1) is 19.6. The second-order valence-corrected chi connectivity index (χ2v) is 7.99. The summed E-state index contributed by atoms with van der Waals surface area (Å²) in [5.41, 5.74) is 3.54. The third kappa shape index (κ3) is 3.65. The van der Waals surface area contributed by atoms with Crippen LogP contribution in [0.2, 0.25) is 5.02 Å². The van der Waals surface area contributed by atoms with Crippen molar-refractivity contribution in [3.05, 3.63) is 76.2 Å². The van der Waals surface area contributed by atoms with E-state index in [2.05, 4.69) is 15.4 Å². The lowest BCUT2D eigenvalue weighted by Crippen LogP contribution is -2.31. The zero-order chi connectivity index (χ0) is 21.4. The fourth-order valence-corrected chi connectivity index (χ4v) is 4.38. The van der Waals surface area contributed by atoms with Crippen LogP contribution in [-0.4, -0.2) is 27.7 Å². The highest BCUT2D eigenvalue weighted by molar-refractivity contribution is 6.30. The normalized spacial score (nSPS) is 17.6. The van der Waals surface area contributed by atoms with Crippen LogP contribution < -0.4 is 14.8 Å². The Hall–Kier alpha value is -3.32. The number of anilines is 1. The summed E-state index contributed by atoms with van der Waals surface area (Å²) in [6, 6.07) is 12.9. The van der Waals surface area contributed by atoms with Crippen LogP contribution in [0.1, 0.15) is 36.4 Å². The van der Waals surface area contributed by atoms with Crippen LogP contribution in [0.4, 0.5) is 5.95 Å². The molecule has 1 unspecified atom stereocenters. The van der Waals surface area contributed by atoms with Gasteiger partial charge in [-0.15, -0.1) is 0 Å². The van der Waals surface area contributed by atoms with E-state index in [1.54, 1.807) is 11.8 Å². The van der Waals surface area contributed by atoms with Crippen LogP contribution in [0.25, 0.3) is 0 Å². The molecule has 31 heavy (non-hydrogen) atoms. The van der Waals surface area contributed by atoms with Crippen molar-refractivity contribution in [3.8, 4) is 11.5 Å². The molecule has 0 radical (unpaired) electrons. The zero-order valence-electron chi connectivity index (χ0n) is 17.0. The van der Waals surface area contributed by atoms with Crippen molar-refractivity contribution in [2.45, 2.75) is 31.9 Å². The van der Waals surface area contributed by atoms with Gasteiger partial charge in [0.2, 0.25) is 5.95 Å². The van der Waals surface area contributed by atoms with E-state index >= 15 is 0 Å². The molecule has 3 aromatic rings. The molecule has 1 N–H and O–H groups in total. The topological polar surface area (TPSA) is 78.3 Å². The van der Waals surface area contributed by atoms with Gasteiger partial charge in [-0.25, -0.2) is 4.68 Å². The molecule has 1 atom stereocenters. The molecule has 0 saturated carbocycles. The Kier molecular flexibility index (Phi) is 5.11. The third-order valence-corrected chi connectivity index (χ3v) is 5.83. The number of Topliss-reactive ketones (excluding diaryl/α,β-unsaturated/α-hetero) is 1. The van der Waals surface area contributed by atoms with E-state index in [0.717, 1.165) is 35.2 Å². The first-order chi connectivity index (χ1) is 15.1. The van der Waals surface area contributed by atoms with E-state index in [0.29, 0.717) is 35.5 Å². The van der Waals surface area contributed by atoms with Crippen LogP contribution in [0.15, 0.2) is 60.1 Å². The predicted octanol–water partition coefficient (Wildman–Crippen LogP) is 4.54. The Balaban J connectivity index is 1.49. The minimum absolute atomic E-state index is 0.139. The molecular weight excluding hydrogens is 416 g/mol. The van der Waals surface area contributed by atoms with Gasteiger partial charge < -0.3 is 14.8 Å². The fourth-order valence-electron chi connectivity index (χ4n) is 4.17. The monoisotopic (exact) mass is 436 g/mol. The summed E-state index contributed by atoms with van der Waals surface area (Å²) < 4.78 is 13.3. The molecule has 1 aliphatic heterocycles. The number of allylic oxidation sites excluding steroid dienone is 2. The van der Waals surface area contributed by atoms with Gasteiger partial charge in [0.05, 0.1) is 7.11 Å². The molecule has 1 aliphatic carbocycles. The molecule has 1 aromatic heterocycles. The second kappa shape index (κ2) is 8.07. The third-order valence-electron chi connectivity index (χ3n) is 5.60. The lowest BCUT2D eigenvalue weighted by molar-refractivity contribution is -0.116. The van der Waals surface area contributed by atoms with Crippen LogP contribution in [-0.2, 0) is 11.4 Å². The number of hydrogen-bond acceptors (Lipinski definition) is 6. The van der Waals surface area contributed by atoms with E-state index in [1.807, 2.05) is 42.5 Å². The number of nitrogens with one attached hydrogen (secondary N) is 1. The van der Waals surface area contributed by atoms with Crippen molar-refractivity contribution in [2.24, 2.45) is 0 Å². The lowest BCUT2D eigenvalue weighted by atomic mass is 9.85. The number of benzene rings is 2. The number of carbonyl (C=O) groups excluding carboxylic acids is 1. The molecule has 8 heteroatoms. The summed E-state index contributed by atoms with van der Waals surface area (Å²) in [5, 5.41) is 8.31. The summed E-state index contributed by atoms with van der Waals surface area (Å²) >= 11 is 6.06. The maximum Gasteiger partial charge on any atom is 0.226 e. The smallest absolute Gasteiger partial charge is 0.226 e. The number of carbonyl (C=O) groups is 1. The molecule has 7 nitrogen and oxygen atoms in total. The van der Waals surface area contributed by atoms with E-state index in [9.17, 15) is 4.79 Å². The van der Waals surface area contributed by atoms with Crippen molar-refractivity contribution in [1.29, 1.82) is 0 Å². The number of methoxy groups -OCH3 is 1. The molecule has 0 fully saturated rings. The molecule has 158 valence electrons. The van der Waals surface area contributed by atoms with Gasteiger partial charge >= 0.3 is 0 Å². The SMILES string of the molecule is COc1cc(C2C3=C(CCCC3=O)Nc3ncnn32)ccc1OCc1cccc(Cl)c1. The fraction of sp³-hybridized carbons (Fsp3) is 0.261. The summed E-state index contributed by atoms with van der Waals surface area (Å²) in [6.45, 7) is 0.366. The van der Waals surface area contributed by atoms with Gasteiger partial charge in [-0.2, -0.15) is 10.1 Å². The highest BCUT2D eigenvalue weighted by atomic mass is 35.5. The van der Waals surface area contributed by atoms with E-state index in [-0.39, 0.29) is 11.8 Å². The molecule has 2 aromatic carbocycles. The van der Waals surface area contributed by atoms with Gasteiger partial charge in [-0.1, -0.05) is 29.8 Å². The maximum atomic E-state index is 12.8. The number of rotatable bonds is 5. The molecule has 2 heterocycles. The number of nitrogens with zero attached hydrogens (tertiary/aromatic N) is 3. The second-order valence-electron chi connectivity index (χ2n) is 7.55. The molecular formula is C23H21ClN4O3. The average Bonchev–Trinajstić information content (AvgIpc) is 3.24. The van der Waals surface area contributed by atoms with Crippen molar-refractivity contribution < 1.29 is 14.3 Å². The van der Waals surface area contributed by atoms with Gasteiger partial charge in [-0.05, 0) is 48.2 Å². The van der Waals surface area contributed by atoms with Gasteiger partial charge in [-0.3, -0.25) is 4.79 Å². The standard InChI is InChI=1S/C23H21ClN4O3/c1-30-20-11-15(8-9-19(20)31-12-14-4-2-5-16(24)10-14)22-21-17(6-3-7-18(21)29)27-23-25-13-26-28(22)23/h2,4-5,8-11,13,22H,3,6-7,12H2,1H3,(H,25,26,27). The molecule has 5 rings (SSSR count). The van der Waals surface area contributed by atoms with Gasteiger partial charge in [0.1, 0.15) is 19.0 Å². The van der Waals surface area contributed by atoms with Crippen molar-refractivity contribution in [3.63, 3.8) is 0 Å². The lowest BCUT2D eigenvalue weighted by Gasteiger charge is -2.32. The number of hydrogen-bond donors (Lipinski definition) is 1. The van der Waals surface area contributed by atoms with Crippen molar-refractivity contribution in [1.82, 2.24) is 14.8 Å². The zero-order valence-corrected chi connectivity index (χ0v) is 17.7. The van der Waals surface area contributed by atoms with Gasteiger partial charge in [0.25, 0.3) is 0 Å². The molecule has 2 aliphatic rings. The van der Waals surface area contributed by atoms with Crippen LogP contribution in [0, 0.1) is 0 Å². The van der Waals surface area contributed by atoms with E-state index in [1.165, 1.54) is 6.33 Å². The Morgan fingerprint density at radius 2 is 2.10 bits per heavy atom. The summed E-state index contributed by atoms with van der Waals surface area (Å²) in [6.07, 6.45) is 3.70. The number of halogens is 1. The maximum absolute atomic E-state index is 12.8. The van der Waals surface area contributed by atoms with Crippen LogP contribution in [0.5, 0.6) is 11.5 Å². The van der Waals surface area contributed by atoms with E-state index in [4.69, 9.17) is 21.1 Å². The molecule has 0 bridgehead atoms. The first-order valence-electron chi connectivity index (χ1n) is 10.1. The first-order valence-corrected chi connectivity index (χ1v) is 10.5. The Labute approximate surface area is 184 Å². The molecule has 0 amide bonds. The minimum atomic E-state index is -0.350. The number of aromatic nitrogens is 3. The van der Waals surface area contributed by atoms with Crippen LogP contribution in [0.3, 0.4) is 0 Å². The van der Waals surface area contributed by atoms with Crippen molar-refractivity contribution in [2.75, 3.05) is 12.4 Å². The van der Waals surface area contributed by atoms with E-state index < -0.39 is 0 Å². The summed E-state index contributed by atoms with van der Waals surface area (Å²) in [4.78, 5) is 17.1. The minimum Gasteiger partial charge on any atom is -0.493 e. The van der Waals surface area contributed by atoms with Crippen molar-refractivity contribution >= 4 is 23.3 Å². The molecule has 0 spiro atoms. The predicted molar refractivity (Wildman–Crippen MR) is 116 cm³/mol.